The average molecular weight is 289 g/mol. The molecular formula is C16H23N3O2. The van der Waals surface area contributed by atoms with Crippen LogP contribution in [-0.2, 0) is 4.79 Å². The molecule has 1 unspecified atom stereocenters. The van der Waals surface area contributed by atoms with Gasteiger partial charge in [-0.15, -0.1) is 0 Å². The molecule has 114 valence electrons. The molecule has 1 aliphatic carbocycles. The molecule has 0 bridgehead atoms. The van der Waals surface area contributed by atoms with E-state index in [0.717, 1.165) is 24.1 Å². The van der Waals surface area contributed by atoms with Gasteiger partial charge in [-0.05, 0) is 56.4 Å². The monoisotopic (exact) mass is 289 g/mol. The summed E-state index contributed by atoms with van der Waals surface area (Å²) in [6.07, 6.45) is 2.62. The van der Waals surface area contributed by atoms with E-state index in [-0.39, 0.29) is 17.9 Å². The molecule has 1 aromatic carbocycles. The Morgan fingerprint density at radius 2 is 2.10 bits per heavy atom. The molecule has 1 aromatic rings. The highest BCUT2D eigenvalue weighted by molar-refractivity contribution is 5.96. The lowest BCUT2D eigenvalue weighted by Crippen LogP contribution is -2.29. The van der Waals surface area contributed by atoms with E-state index in [2.05, 4.69) is 10.6 Å². The van der Waals surface area contributed by atoms with Crippen molar-refractivity contribution in [1.82, 2.24) is 5.32 Å². The zero-order valence-electron chi connectivity index (χ0n) is 12.6. The van der Waals surface area contributed by atoms with Crippen LogP contribution in [0.25, 0.3) is 0 Å². The second kappa shape index (κ2) is 6.72. The van der Waals surface area contributed by atoms with Crippen molar-refractivity contribution in [2.24, 2.45) is 11.7 Å². The molecule has 0 radical (unpaired) electrons. The van der Waals surface area contributed by atoms with E-state index in [1.807, 2.05) is 13.8 Å². The molecule has 5 nitrogen and oxygen atoms in total. The van der Waals surface area contributed by atoms with E-state index in [9.17, 15) is 9.59 Å². The van der Waals surface area contributed by atoms with Gasteiger partial charge in [-0.25, -0.2) is 0 Å². The maximum atomic E-state index is 12.0. The van der Waals surface area contributed by atoms with Crippen LogP contribution in [0.4, 0.5) is 5.69 Å². The number of anilines is 1. The lowest BCUT2D eigenvalue weighted by molar-refractivity contribution is -0.116. The summed E-state index contributed by atoms with van der Waals surface area (Å²) in [4.78, 5) is 23.7. The van der Waals surface area contributed by atoms with Crippen molar-refractivity contribution in [3.63, 3.8) is 0 Å². The van der Waals surface area contributed by atoms with Gasteiger partial charge in [0.25, 0.3) is 5.91 Å². The van der Waals surface area contributed by atoms with E-state index in [1.165, 1.54) is 0 Å². The van der Waals surface area contributed by atoms with Crippen molar-refractivity contribution in [3.05, 3.63) is 29.3 Å². The molecule has 1 saturated carbocycles. The first-order valence-electron chi connectivity index (χ1n) is 7.45. The van der Waals surface area contributed by atoms with E-state index in [0.29, 0.717) is 24.4 Å². The lowest BCUT2D eigenvalue weighted by atomic mass is 10.1. The Balaban J connectivity index is 1.96. The number of amides is 2. The van der Waals surface area contributed by atoms with E-state index in [4.69, 9.17) is 5.73 Å². The molecule has 0 saturated heterocycles. The number of hydrogen-bond donors (Lipinski definition) is 3. The summed E-state index contributed by atoms with van der Waals surface area (Å²) in [5, 5.41) is 5.62. The summed E-state index contributed by atoms with van der Waals surface area (Å²) < 4.78 is 0. The normalized spacial score (nSPS) is 15.4. The Kier molecular flexibility index (Phi) is 4.96. The molecule has 0 aliphatic heterocycles. The number of rotatable bonds is 6. The van der Waals surface area contributed by atoms with Crippen molar-refractivity contribution in [2.45, 2.75) is 39.2 Å². The van der Waals surface area contributed by atoms with Crippen LogP contribution in [-0.4, -0.2) is 24.4 Å². The molecule has 4 N–H and O–H groups in total. The number of hydrogen-bond acceptors (Lipinski definition) is 3. The Hall–Kier alpha value is -1.88. The third-order valence-electron chi connectivity index (χ3n) is 3.75. The quantitative estimate of drug-likeness (QED) is 0.746. The molecule has 1 aliphatic rings. The SMILES string of the molecule is CCNC(=O)c1ccc(NC(=O)CC(N)C2CC2)c(C)c1. The second-order valence-corrected chi connectivity index (χ2v) is 5.64. The Labute approximate surface area is 125 Å². The lowest BCUT2D eigenvalue weighted by Gasteiger charge is -2.13. The summed E-state index contributed by atoms with van der Waals surface area (Å²) in [6.45, 7) is 4.34. The molecule has 2 amide bonds. The largest absolute Gasteiger partial charge is 0.352 e. The van der Waals surface area contributed by atoms with Crippen LogP contribution in [0.3, 0.4) is 0 Å². The summed E-state index contributed by atoms with van der Waals surface area (Å²) in [7, 11) is 0. The van der Waals surface area contributed by atoms with Crippen molar-refractivity contribution in [1.29, 1.82) is 0 Å². The Bertz CT molecular complexity index is 538. The van der Waals surface area contributed by atoms with Crippen LogP contribution in [0.1, 0.15) is 42.1 Å². The van der Waals surface area contributed by atoms with Crippen molar-refractivity contribution >= 4 is 17.5 Å². The molecule has 21 heavy (non-hydrogen) atoms. The van der Waals surface area contributed by atoms with Gasteiger partial charge in [0.2, 0.25) is 5.91 Å². The smallest absolute Gasteiger partial charge is 0.251 e. The van der Waals surface area contributed by atoms with Gasteiger partial charge in [0.1, 0.15) is 0 Å². The van der Waals surface area contributed by atoms with Crippen LogP contribution < -0.4 is 16.4 Å². The number of carbonyl (C=O) groups excluding carboxylic acids is 2. The maximum absolute atomic E-state index is 12.0. The molecule has 0 aromatic heterocycles. The molecule has 5 heteroatoms. The summed E-state index contributed by atoms with van der Waals surface area (Å²) >= 11 is 0. The van der Waals surface area contributed by atoms with E-state index < -0.39 is 0 Å². The number of nitrogens with two attached hydrogens (primary N) is 1. The van der Waals surface area contributed by atoms with Crippen molar-refractivity contribution < 1.29 is 9.59 Å². The van der Waals surface area contributed by atoms with Gasteiger partial charge < -0.3 is 16.4 Å². The van der Waals surface area contributed by atoms with Gasteiger partial charge in [0.15, 0.2) is 0 Å². The first kappa shape index (κ1) is 15.5. The standard InChI is InChI=1S/C16H23N3O2/c1-3-18-16(21)12-6-7-14(10(2)8-12)19-15(20)9-13(17)11-4-5-11/h6-8,11,13H,3-5,9,17H2,1-2H3,(H,18,21)(H,19,20). The minimum Gasteiger partial charge on any atom is -0.352 e. The van der Waals surface area contributed by atoms with Crippen molar-refractivity contribution in [2.75, 3.05) is 11.9 Å². The van der Waals surface area contributed by atoms with Crippen LogP contribution in [0.2, 0.25) is 0 Å². The number of carbonyl (C=O) groups is 2. The zero-order valence-corrected chi connectivity index (χ0v) is 12.6. The maximum Gasteiger partial charge on any atom is 0.251 e. The second-order valence-electron chi connectivity index (χ2n) is 5.64. The highest BCUT2D eigenvalue weighted by Gasteiger charge is 2.29. The highest BCUT2D eigenvalue weighted by atomic mass is 16.2. The van der Waals surface area contributed by atoms with Crippen LogP contribution in [0.15, 0.2) is 18.2 Å². The highest BCUT2D eigenvalue weighted by Crippen LogP contribution is 2.32. The average Bonchev–Trinajstić information content (AvgIpc) is 3.25. The van der Waals surface area contributed by atoms with Gasteiger partial charge >= 0.3 is 0 Å². The fourth-order valence-corrected chi connectivity index (χ4v) is 2.31. The van der Waals surface area contributed by atoms with E-state index >= 15 is 0 Å². The predicted octanol–water partition coefficient (Wildman–Crippen LogP) is 1.81. The molecule has 1 atom stereocenters. The topological polar surface area (TPSA) is 84.2 Å². The van der Waals surface area contributed by atoms with Gasteiger partial charge in [-0.1, -0.05) is 0 Å². The number of nitrogens with one attached hydrogen (secondary N) is 2. The van der Waals surface area contributed by atoms with Gasteiger partial charge in [-0.3, -0.25) is 9.59 Å². The molecule has 1 fully saturated rings. The molecule has 2 rings (SSSR count). The molecule has 0 spiro atoms. The number of benzene rings is 1. The molecular weight excluding hydrogens is 266 g/mol. The van der Waals surface area contributed by atoms with Crippen LogP contribution >= 0.6 is 0 Å². The van der Waals surface area contributed by atoms with E-state index in [1.54, 1.807) is 18.2 Å². The van der Waals surface area contributed by atoms with Gasteiger partial charge in [0, 0.05) is 30.3 Å². The zero-order chi connectivity index (χ0) is 15.4. The molecule has 0 heterocycles. The minimum absolute atomic E-state index is 0.0417. The fraction of sp³-hybridized carbons (Fsp3) is 0.500. The van der Waals surface area contributed by atoms with Gasteiger partial charge in [-0.2, -0.15) is 0 Å². The third kappa shape index (κ3) is 4.29. The third-order valence-corrected chi connectivity index (χ3v) is 3.75. The van der Waals surface area contributed by atoms with Crippen molar-refractivity contribution in [3.8, 4) is 0 Å². The first-order chi connectivity index (χ1) is 10.0. The van der Waals surface area contributed by atoms with Crippen LogP contribution in [0, 0.1) is 12.8 Å². The summed E-state index contributed by atoms with van der Waals surface area (Å²) in [6, 6.07) is 5.22. The summed E-state index contributed by atoms with van der Waals surface area (Å²) in [5.41, 5.74) is 8.15. The minimum atomic E-state index is -0.103. The predicted molar refractivity (Wildman–Crippen MR) is 83.1 cm³/mol. The summed E-state index contributed by atoms with van der Waals surface area (Å²) in [5.74, 6) is 0.342. The Morgan fingerprint density at radius 1 is 1.38 bits per heavy atom. The first-order valence-corrected chi connectivity index (χ1v) is 7.45. The van der Waals surface area contributed by atoms with Crippen LogP contribution in [0.5, 0.6) is 0 Å². The number of aryl methyl sites for hydroxylation is 1. The van der Waals surface area contributed by atoms with Gasteiger partial charge in [0.05, 0.1) is 0 Å². The Morgan fingerprint density at radius 3 is 2.67 bits per heavy atom. The fourth-order valence-electron chi connectivity index (χ4n) is 2.31.